The number of imidazole rings is 1. The Morgan fingerprint density at radius 2 is 1.90 bits per heavy atom. The van der Waals surface area contributed by atoms with Crippen LogP contribution in [0.2, 0.25) is 0 Å². The fourth-order valence-corrected chi connectivity index (χ4v) is 4.78. The topological polar surface area (TPSA) is 139 Å². The van der Waals surface area contributed by atoms with E-state index in [0.29, 0.717) is 43.6 Å². The molecule has 3 aromatic rings. The third-order valence-corrected chi connectivity index (χ3v) is 6.49. The maximum absolute atomic E-state index is 12.1. The number of esters is 1. The quantitative estimate of drug-likeness (QED) is 0.373. The molecule has 0 radical (unpaired) electrons. The predicted molar refractivity (Wildman–Crippen MR) is 141 cm³/mol. The van der Waals surface area contributed by atoms with Crippen LogP contribution in [0.1, 0.15) is 44.9 Å². The van der Waals surface area contributed by atoms with Gasteiger partial charge in [-0.15, -0.1) is 0 Å². The fourth-order valence-electron chi connectivity index (χ4n) is 4.78. The maximum atomic E-state index is 12.1. The fraction of sp³-hybridized carbons (Fsp3) is 0.444. The van der Waals surface area contributed by atoms with Crippen molar-refractivity contribution in [3.8, 4) is 0 Å². The van der Waals surface area contributed by atoms with Crippen LogP contribution in [-0.2, 0) is 23.7 Å². The second-order valence-corrected chi connectivity index (χ2v) is 9.13. The molecule has 2 aromatic heterocycles. The van der Waals surface area contributed by atoms with Crippen molar-refractivity contribution in [2.24, 2.45) is 0 Å². The van der Waals surface area contributed by atoms with Gasteiger partial charge in [0.15, 0.2) is 29.5 Å². The first-order valence-corrected chi connectivity index (χ1v) is 13.1. The van der Waals surface area contributed by atoms with E-state index in [9.17, 15) is 9.59 Å². The Labute approximate surface area is 225 Å². The van der Waals surface area contributed by atoms with E-state index in [1.165, 1.54) is 6.33 Å². The molecule has 39 heavy (non-hydrogen) atoms. The Bertz CT molecular complexity index is 1310. The number of nitrogens with one attached hydrogen (secondary N) is 2. The monoisotopic (exact) mass is 536 g/mol. The van der Waals surface area contributed by atoms with Crippen molar-refractivity contribution >= 4 is 35.1 Å². The second kappa shape index (κ2) is 12.3. The summed E-state index contributed by atoms with van der Waals surface area (Å²) in [4.78, 5) is 37.0. The molecular formula is C27H32N6O6. The summed E-state index contributed by atoms with van der Waals surface area (Å²) in [6, 6.07) is 9.51. The highest BCUT2D eigenvalue weighted by Crippen LogP contribution is 2.42. The van der Waals surface area contributed by atoms with Gasteiger partial charge in [-0.3, -0.25) is 14.7 Å². The molecule has 0 aliphatic carbocycles. The standard InChI is InChI=1S/C27H32N6O6/c1-3-28-27(35)32-24-21-25(30-15-29-24)33(16-31-21)26-23-22(18(37-26)11-8-12-19(34)36-4-2)38-20(39-23)14-13-17-9-6-5-7-10-17/h5-7,9-10,13-16,18,20,22-23,26H,3-4,8,11-12H2,1-2H3,(H2,28,29,30,32,35)/b14-13+/t18?,20-,22?,23?,26?/m0/s1. The Morgan fingerprint density at radius 3 is 2.69 bits per heavy atom. The lowest BCUT2D eigenvalue weighted by atomic mass is 10.0. The Kier molecular flexibility index (Phi) is 8.45. The van der Waals surface area contributed by atoms with E-state index in [0.717, 1.165) is 5.56 Å². The summed E-state index contributed by atoms with van der Waals surface area (Å²) in [7, 11) is 0. The van der Waals surface area contributed by atoms with Gasteiger partial charge < -0.3 is 24.3 Å². The van der Waals surface area contributed by atoms with Crippen LogP contribution in [0.25, 0.3) is 17.2 Å². The molecule has 2 saturated heterocycles. The molecule has 0 bridgehead atoms. The summed E-state index contributed by atoms with van der Waals surface area (Å²) in [5, 5.41) is 5.38. The molecule has 2 fully saturated rings. The number of fused-ring (bicyclic) bond motifs is 2. The van der Waals surface area contributed by atoms with Gasteiger partial charge in [-0.05, 0) is 38.3 Å². The number of nitrogens with zero attached hydrogens (tertiary/aromatic N) is 4. The van der Waals surface area contributed by atoms with Gasteiger partial charge in [0.2, 0.25) is 0 Å². The van der Waals surface area contributed by atoms with Crippen LogP contribution >= 0.6 is 0 Å². The van der Waals surface area contributed by atoms with Crippen molar-refractivity contribution in [1.29, 1.82) is 0 Å². The predicted octanol–water partition coefficient (Wildman–Crippen LogP) is 3.42. The third kappa shape index (κ3) is 6.08. The van der Waals surface area contributed by atoms with Crippen molar-refractivity contribution in [2.75, 3.05) is 18.5 Å². The minimum atomic E-state index is -0.588. The number of carbonyl (C=O) groups is 2. The van der Waals surface area contributed by atoms with Crippen LogP contribution in [0.3, 0.4) is 0 Å². The van der Waals surface area contributed by atoms with Crippen LogP contribution in [-0.4, -0.2) is 69.3 Å². The number of aromatic nitrogens is 4. The van der Waals surface area contributed by atoms with Gasteiger partial charge >= 0.3 is 12.0 Å². The molecule has 12 heteroatoms. The summed E-state index contributed by atoms with van der Waals surface area (Å²) in [5.41, 5.74) is 1.94. The Morgan fingerprint density at radius 1 is 1.08 bits per heavy atom. The smallest absolute Gasteiger partial charge is 0.320 e. The molecule has 5 atom stereocenters. The van der Waals surface area contributed by atoms with Gasteiger partial charge in [0.25, 0.3) is 0 Å². The number of rotatable bonds is 10. The van der Waals surface area contributed by atoms with E-state index in [4.69, 9.17) is 18.9 Å². The lowest BCUT2D eigenvalue weighted by Gasteiger charge is -2.20. The Balaban J connectivity index is 1.37. The number of benzene rings is 1. The van der Waals surface area contributed by atoms with Crippen LogP contribution < -0.4 is 10.6 Å². The molecule has 12 nitrogen and oxygen atoms in total. The highest BCUT2D eigenvalue weighted by atomic mass is 16.8. The zero-order valence-corrected chi connectivity index (χ0v) is 21.9. The number of anilines is 1. The summed E-state index contributed by atoms with van der Waals surface area (Å²) in [6.45, 7) is 4.44. The Hall–Kier alpha value is -3.87. The minimum Gasteiger partial charge on any atom is -0.466 e. The normalized spacial score (nSPS) is 24.2. The highest BCUT2D eigenvalue weighted by molar-refractivity contribution is 5.95. The summed E-state index contributed by atoms with van der Waals surface area (Å²) in [5.74, 6) is 0.0535. The molecule has 4 heterocycles. The van der Waals surface area contributed by atoms with E-state index in [1.807, 2.05) is 49.4 Å². The van der Waals surface area contributed by atoms with Crippen LogP contribution in [0, 0.1) is 0 Å². The van der Waals surface area contributed by atoms with Gasteiger partial charge in [0.05, 0.1) is 19.0 Å². The average molecular weight is 537 g/mol. The van der Waals surface area contributed by atoms with Gasteiger partial charge in [-0.2, -0.15) is 0 Å². The molecule has 0 spiro atoms. The van der Waals surface area contributed by atoms with Gasteiger partial charge in [-0.25, -0.2) is 19.7 Å². The number of hydrogen-bond donors (Lipinski definition) is 2. The first-order chi connectivity index (χ1) is 19.1. The van der Waals surface area contributed by atoms with Crippen molar-refractivity contribution in [1.82, 2.24) is 24.8 Å². The number of ether oxygens (including phenoxy) is 4. The summed E-state index contributed by atoms with van der Waals surface area (Å²) < 4.78 is 25.9. The number of hydrogen-bond acceptors (Lipinski definition) is 9. The molecule has 2 amide bonds. The largest absolute Gasteiger partial charge is 0.466 e. The van der Waals surface area contributed by atoms with Crippen LogP contribution in [0.15, 0.2) is 49.1 Å². The number of urea groups is 1. The second-order valence-electron chi connectivity index (χ2n) is 9.13. The molecule has 2 N–H and O–H groups in total. The van der Waals surface area contributed by atoms with Gasteiger partial charge in [0.1, 0.15) is 18.5 Å². The maximum Gasteiger partial charge on any atom is 0.320 e. The van der Waals surface area contributed by atoms with Crippen molar-refractivity contribution in [3.05, 3.63) is 54.6 Å². The zero-order valence-electron chi connectivity index (χ0n) is 21.9. The van der Waals surface area contributed by atoms with Crippen LogP contribution in [0.5, 0.6) is 0 Å². The average Bonchev–Trinajstić information content (AvgIpc) is 3.63. The van der Waals surface area contributed by atoms with Crippen molar-refractivity contribution < 1.29 is 28.5 Å². The molecule has 0 saturated carbocycles. The van der Waals surface area contributed by atoms with E-state index >= 15 is 0 Å². The summed E-state index contributed by atoms with van der Waals surface area (Å²) >= 11 is 0. The number of carbonyl (C=O) groups excluding carboxylic acids is 2. The van der Waals surface area contributed by atoms with Gasteiger partial charge in [-0.1, -0.05) is 36.4 Å². The third-order valence-electron chi connectivity index (χ3n) is 6.49. The molecule has 206 valence electrons. The van der Waals surface area contributed by atoms with E-state index in [-0.39, 0.29) is 30.0 Å². The SMILES string of the molecule is CCNC(=O)Nc1ncnc2c1ncn2C1OC(CCCC(=O)OCC)C2O[C@H](/C=C/c3ccccc3)OC21. The van der Waals surface area contributed by atoms with E-state index in [1.54, 1.807) is 17.8 Å². The lowest BCUT2D eigenvalue weighted by Crippen LogP contribution is -2.29. The van der Waals surface area contributed by atoms with Crippen LogP contribution in [0.4, 0.5) is 10.6 Å². The van der Waals surface area contributed by atoms with Gasteiger partial charge in [0, 0.05) is 13.0 Å². The van der Waals surface area contributed by atoms with Crippen molar-refractivity contribution in [3.63, 3.8) is 0 Å². The molecule has 4 unspecified atom stereocenters. The molecule has 2 aliphatic heterocycles. The zero-order chi connectivity index (χ0) is 27.2. The molecule has 2 aliphatic rings. The minimum absolute atomic E-state index is 0.236. The molecular weight excluding hydrogens is 504 g/mol. The highest BCUT2D eigenvalue weighted by Gasteiger charge is 2.53. The van der Waals surface area contributed by atoms with E-state index in [2.05, 4.69) is 25.6 Å². The summed E-state index contributed by atoms with van der Waals surface area (Å²) in [6.07, 6.45) is 5.96. The lowest BCUT2D eigenvalue weighted by molar-refractivity contribution is -0.144. The first kappa shape index (κ1) is 26.7. The number of amides is 2. The first-order valence-electron chi connectivity index (χ1n) is 13.1. The molecule has 5 rings (SSSR count). The van der Waals surface area contributed by atoms with E-state index < -0.39 is 18.6 Å². The molecule has 1 aromatic carbocycles. The van der Waals surface area contributed by atoms with Crippen molar-refractivity contribution in [2.45, 2.75) is 63.9 Å².